The third-order valence-corrected chi connectivity index (χ3v) is 7.82. The van der Waals surface area contributed by atoms with Gasteiger partial charge in [-0.3, -0.25) is 0 Å². The maximum atomic E-state index is 2.67. The number of hydrogen-bond donors (Lipinski definition) is 0. The maximum Gasteiger partial charge on any atom is 0.101 e. The minimum absolute atomic E-state index is 0.643. The van der Waals surface area contributed by atoms with Gasteiger partial charge in [0.05, 0.1) is 0 Å². The van der Waals surface area contributed by atoms with Crippen LogP contribution in [0.4, 0.5) is 0 Å². The minimum Gasteiger partial charge on any atom is -0.356 e. The molecule has 2 heteroatoms. The summed E-state index contributed by atoms with van der Waals surface area (Å²) in [6.45, 7) is 9.44. The van der Waals surface area contributed by atoms with Gasteiger partial charge < -0.3 is 9.80 Å². The van der Waals surface area contributed by atoms with Crippen LogP contribution in [0.1, 0.15) is 175 Å². The lowest BCUT2D eigenvalue weighted by Crippen LogP contribution is -2.39. The first-order valence-electron chi connectivity index (χ1n) is 16.0. The molecule has 0 saturated carbocycles. The molecule has 0 N–H and O–H groups in total. The molecule has 0 fully saturated rings. The lowest BCUT2D eigenvalue weighted by Gasteiger charge is -2.33. The highest BCUT2D eigenvalue weighted by Crippen LogP contribution is 2.23. The zero-order chi connectivity index (χ0) is 24.5. The smallest absolute Gasteiger partial charge is 0.101 e. The van der Waals surface area contributed by atoms with E-state index in [-0.39, 0.29) is 0 Å². The van der Waals surface area contributed by atoms with Gasteiger partial charge in [0.15, 0.2) is 0 Å². The summed E-state index contributed by atoms with van der Waals surface area (Å²) >= 11 is 0. The van der Waals surface area contributed by atoms with Crippen LogP contribution in [0.5, 0.6) is 0 Å². The molecule has 0 aromatic heterocycles. The molecule has 1 aliphatic rings. The number of rotatable bonds is 26. The largest absolute Gasteiger partial charge is 0.356 e. The first-order chi connectivity index (χ1) is 16.8. The second-order valence-corrected chi connectivity index (χ2v) is 11.1. The molecule has 1 aliphatic heterocycles. The van der Waals surface area contributed by atoms with Gasteiger partial charge in [0.25, 0.3) is 0 Å². The van der Waals surface area contributed by atoms with Crippen molar-refractivity contribution < 1.29 is 0 Å². The van der Waals surface area contributed by atoms with Gasteiger partial charge in [-0.15, -0.1) is 0 Å². The van der Waals surface area contributed by atoms with Crippen molar-refractivity contribution in [1.82, 2.24) is 9.80 Å². The van der Waals surface area contributed by atoms with E-state index in [1.54, 1.807) is 0 Å². The molecule has 0 aromatic carbocycles. The van der Waals surface area contributed by atoms with Crippen molar-refractivity contribution in [3.05, 3.63) is 12.4 Å². The second-order valence-electron chi connectivity index (χ2n) is 11.1. The van der Waals surface area contributed by atoms with Gasteiger partial charge in [-0.2, -0.15) is 0 Å². The molecule has 0 radical (unpaired) electrons. The Morgan fingerprint density at radius 1 is 0.382 bits per heavy atom. The van der Waals surface area contributed by atoms with Crippen molar-refractivity contribution in [3.8, 4) is 0 Å². The zero-order valence-electron chi connectivity index (χ0n) is 24.0. The number of nitrogens with zero attached hydrogens (tertiary/aromatic N) is 2. The summed E-state index contributed by atoms with van der Waals surface area (Å²) in [4.78, 5) is 5.34. The van der Waals surface area contributed by atoms with E-state index < -0.39 is 0 Å². The summed E-state index contributed by atoms with van der Waals surface area (Å²) in [6, 6.07) is 0. The Kier molecular flexibility index (Phi) is 22.2. The van der Waals surface area contributed by atoms with Crippen LogP contribution < -0.4 is 0 Å². The predicted molar refractivity (Wildman–Crippen MR) is 154 cm³/mol. The van der Waals surface area contributed by atoms with Gasteiger partial charge in [0.1, 0.15) is 6.17 Å². The van der Waals surface area contributed by atoms with Gasteiger partial charge in [0.2, 0.25) is 0 Å². The van der Waals surface area contributed by atoms with Gasteiger partial charge in [-0.1, -0.05) is 149 Å². The monoisotopic (exact) mass is 477 g/mol. The fraction of sp³-hybridized carbons (Fsp3) is 0.938. The molecule has 34 heavy (non-hydrogen) atoms. The molecular formula is C32H64N2. The molecule has 0 aromatic rings. The van der Waals surface area contributed by atoms with Crippen LogP contribution >= 0.6 is 0 Å². The minimum atomic E-state index is 0.643. The molecule has 0 saturated heterocycles. The van der Waals surface area contributed by atoms with Crippen molar-refractivity contribution in [3.63, 3.8) is 0 Å². The normalized spacial score (nSPS) is 15.7. The van der Waals surface area contributed by atoms with Crippen molar-refractivity contribution >= 4 is 0 Å². The molecule has 1 heterocycles. The molecule has 1 atom stereocenters. The lowest BCUT2D eigenvalue weighted by molar-refractivity contribution is 0.135. The molecule has 1 unspecified atom stereocenters. The van der Waals surface area contributed by atoms with E-state index in [9.17, 15) is 0 Å². The lowest BCUT2D eigenvalue weighted by atomic mass is 10.0. The average molecular weight is 477 g/mol. The Labute approximate surface area is 216 Å². The van der Waals surface area contributed by atoms with Gasteiger partial charge in [-0.25, -0.2) is 0 Å². The van der Waals surface area contributed by atoms with Crippen LogP contribution in [-0.4, -0.2) is 29.1 Å². The maximum absolute atomic E-state index is 2.67. The highest BCUT2D eigenvalue weighted by molar-refractivity contribution is 4.96. The van der Waals surface area contributed by atoms with Crippen LogP contribution in [0.25, 0.3) is 0 Å². The highest BCUT2D eigenvalue weighted by atomic mass is 15.4. The van der Waals surface area contributed by atoms with Crippen molar-refractivity contribution in [2.24, 2.45) is 0 Å². The first-order valence-corrected chi connectivity index (χ1v) is 16.0. The van der Waals surface area contributed by atoms with Gasteiger partial charge in [0, 0.05) is 25.5 Å². The van der Waals surface area contributed by atoms with Crippen LogP contribution in [0, 0.1) is 0 Å². The number of unbranched alkanes of at least 4 members (excludes halogenated alkanes) is 20. The van der Waals surface area contributed by atoms with E-state index in [2.05, 4.69) is 43.0 Å². The predicted octanol–water partition coefficient (Wildman–Crippen LogP) is 10.8. The molecule has 202 valence electrons. The fourth-order valence-electron chi connectivity index (χ4n) is 5.48. The first kappa shape index (κ1) is 31.4. The van der Waals surface area contributed by atoms with Crippen molar-refractivity contribution in [1.29, 1.82) is 0 Å². The SMILES string of the molecule is CCCCCCCCCCCCCCCCC1N(CCCCC)C=CN1CCCCCCCC. The second kappa shape index (κ2) is 24.1. The Bertz CT molecular complexity index is 433. The van der Waals surface area contributed by atoms with Gasteiger partial charge in [-0.05, 0) is 25.7 Å². The van der Waals surface area contributed by atoms with E-state index in [1.165, 1.54) is 167 Å². The van der Waals surface area contributed by atoms with E-state index in [4.69, 9.17) is 0 Å². The highest BCUT2D eigenvalue weighted by Gasteiger charge is 2.24. The van der Waals surface area contributed by atoms with Crippen LogP contribution in [0.15, 0.2) is 12.4 Å². The van der Waals surface area contributed by atoms with E-state index in [0.29, 0.717) is 6.17 Å². The van der Waals surface area contributed by atoms with E-state index in [1.807, 2.05) is 0 Å². The van der Waals surface area contributed by atoms with Crippen molar-refractivity contribution in [2.75, 3.05) is 13.1 Å². The standard InChI is InChI=1S/C32H64N2/c1-4-7-10-12-14-15-16-17-18-19-20-21-22-24-27-32-33(28-25-9-6-3)30-31-34(32)29-26-23-13-11-8-5-2/h30-32H,4-29H2,1-3H3. The molecule has 1 rings (SSSR count). The summed E-state index contributed by atoms with van der Waals surface area (Å²) in [6.07, 6.45) is 39.6. The topological polar surface area (TPSA) is 6.48 Å². The van der Waals surface area contributed by atoms with Gasteiger partial charge >= 0.3 is 0 Å². The Morgan fingerprint density at radius 3 is 1.09 bits per heavy atom. The molecule has 0 amide bonds. The summed E-state index contributed by atoms with van der Waals surface area (Å²) < 4.78 is 0. The third kappa shape index (κ3) is 16.9. The van der Waals surface area contributed by atoms with E-state index >= 15 is 0 Å². The van der Waals surface area contributed by atoms with Crippen LogP contribution in [0.3, 0.4) is 0 Å². The molecule has 0 aliphatic carbocycles. The summed E-state index contributed by atoms with van der Waals surface area (Å²) in [5.41, 5.74) is 0. The van der Waals surface area contributed by atoms with Crippen LogP contribution in [-0.2, 0) is 0 Å². The molecule has 0 bridgehead atoms. The quantitative estimate of drug-likeness (QED) is 0.114. The molecule has 0 spiro atoms. The van der Waals surface area contributed by atoms with E-state index in [0.717, 1.165) is 0 Å². The summed E-state index contributed by atoms with van der Waals surface area (Å²) in [5, 5.41) is 0. The average Bonchev–Trinajstić information content (AvgIpc) is 3.23. The summed E-state index contributed by atoms with van der Waals surface area (Å²) in [5.74, 6) is 0. The summed E-state index contributed by atoms with van der Waals surface area (Å²) in [7, 11) is 0. The third-order valence-electron chi connectivity index (χ3n) is 7.82. The fourth-order valence-corrected chi connectivity index (χ4v) is 5.48. The molecule has 2 nitrogen and oxygen atoms in total. The Hall–Kier alpha value is -0.660. The Morgan fingerprint density at radius 2 is 0.676 bits per heavy atom. The van der Waals surface area contributed by atoms with Crippen molar-refractivity contribution in [2.45, 2.75) is 181 Å². The number of hydrogen-bond acceptors (Lipinski definition) is 2. The molecular weight excluding hydrogens is 412 g/mol. The van der Waals surface area contributed by atoms with Crippen LogP contribution in [0.2, 0.25) is 0 Å². The zero-order valence-corrected chi connectivity index (χ0v) is 24.0. The Balaban J connectivity index is 2.11.